The number of carbonyl (C=O) groups excluding carboxylic acids is 1. The predicted octanol–water partition coefficient (Wildman–Crippen LogP) is 1.79. The molecule has 110 valence electrons. The van der Waals surface area contributed by atoms with Crippen LogP contribution >= 0.6 is 0 Å². The van der Waals surface area contributed by atoms with Crippen molar-refractivity contribution in [1.29, 1.82) is 0 Å². The standard InChI is InChI=1S/C12H18N4O4/c1-3-13-10-6-5-9(16(18)19)12(15-10)14-8-7-11(17)20-4-2/h5-6H,3-4,7-8H2,1-2H3,(H2,13,14,15). The highest BCUT2D eigenvalue weighted by Gasteiger charge is 2.16. The summed E-state index contributed by atoms with van der Waals surface area (Å²) in [7, 11) is 0. The highest BCUT2D eigenvalue weighted by atomic mass is 16.6. The van der Waals surface area contributed by atoms with E-state index < -0.39 is 4.92 Å². The smallest absolute Gasteiger partial charge is 0.311 e. The van der Waals surface area contributed by atoms with Gasteiger partial charge in [0.05, 0.1) is 18.0 Å². The van der Waals surface area contributed by atoms with Gasteiger partial charge in [0.25, 0.3) is 0 Å². The molecule has 8 heteroatoms. The van der Waals surface area contributed by atoms with Crippen molar-refractivity contribution in [2.45, 2.75) is 20.3 Å². The van der Waals surface area contributed by atoms with E-state index in [0.29, 0.717) is 19.0 Å². The van der Waals surface area contributed by atoms with Gasteiger partial charge in [-0.05, 0) is 19.9 Å². The van der Waals surface area contributed by atoms with Crippen molar-refractivity contribution in [2.24, 2.45) is 0 Å². The van der Waals surface area contributed by atoms with E-state index in [1.54, 1.807) is 6.92 Å². The Morgan fingerprint density at radius 3 is 2.75 bits per heavy atom. The first-order chi connectivity index (χ1) is 9.58. The van der Waals surface area contributed by atoms with Crippen LogP contribution in [0.1, 0.15) is 20.3 Å². The molecule has 0 bridgehead atoms. The molecule has 1 heterocycles. The van der Waals surface area contributed by atoms with Gasteiger partial charge in [-0.2, -0.15) is 0 Å². The van der Waals surface area contributed by atoms with Crippen LogP contribution in [0.5, 0.6) is 0 Å². The topological polar surface area (TPSA) is 106 Å². The first kappa shape index (κ1) is 15.7. The monoisotopic (exact) mass is 282 g/mol. The second-order valence-electron chi connectivity index (χ2n) is 3.83. The Labute approximate surface area is 116 Å². The fourth-order valence-corrected chi connectivity index (χ4v) is 1.52. The first-order valence-corrected chi connectivity index (χ1v) is 6.37. The SMILES string of the molecule is CCNc1ccc([N+](=O)[O-])c(NCCC(=O)OCC)n1. The number of carbonyl (C=O) groups is 1. The van der Waals surface area contributed by atoms with E-state index >= 15 is 0 Å². The van der Waals surface area contributed by atoms with Gasteiger partial charge in [0.2, 0.25) is 5.82 Å². The zero-order valence-corrected chi connectivity index (χ0v) is 11.5. The molecule has 8 nitrogen and oxygen atoms in total. The van der Waals surface area contributed by atoms with Gasteiger partial charge in [-0.3, -0.25) is 14.9 Å². The molecule has 0 saturated carbocycles. The van der Waals surface area contributed by atoms with Crippen molar-refractivity contribution in [2.75, 3.05) is 30.3 Å². The lowest BCUT2D eigenvalue weighted by atomic mass is 10.3. The van der Waals surface area contributed by atoms with Gasteiger partial charge >= 0.3 is 11.7 Å². The number of nitro groups is 1. The Hall–Kier alpha value is -2.38. The van der Waals surface area contributed by atoms with E-state index in [1.165, 1.54) is 12.1 Å². The normalized spacial score (nSPS) is 9.90. The van der Waals surface area contributed by atoms with Crippen LogP contribution in [0, 0.1) is 10.1 Å². The van der Waals surface area contributed by atoms with E-state index in [4.69, 9.17) is 4.74 Å². The van der Waals surface area contributed by atoms with Crippen molar-refractivity contribution in [1.82, 2.24) is 4.98 Å². The summed E-state index contributed by atoms with van der Waals surface area (Å²) in [5.41, 5.74) is -0.129. The summed E-state index contributed by atoms with van der Waals surface area (Å²) in [6, 6.07) is 2.91. The number of pyridine rings is 1. The zero-order chi connectivity index (χ0) is 15.0. The van der Waals surface area contributed by atoms with Crippen molar-refractivity contribution in [3.05, 3.63) is 22.2 Å². The molecule has 0 aliphatic carbocycles. The minimum atomic E-state index is -0.518. The molecule has 0 atom stereocenters. The highest BCUT2D eigenvalue weighted by Crippen LogP contribution is 2.23. The molecule has 0 saturated heterocycles. The molecule has 1 aromatic rings. The number of rotatable bonds is 8. The van der Waals surface area contributed by atoms with Crippen molar-refractivity contribution in [3.8, 4) is 0 Å². The van der Waals surface area contributed by atoms with Crippen LogP contribution in [-0.2, 0) is 9.53 Å². The molecule has 0 radical (unpaired) electrons. The molecule has 0 unspecified atom stereocenters. The fourth-order valence-electron chi connectivity index (χ4n) is 1.52. The van der Waals surface area contributed by atoms with Gasteiger partial charge in [0.1, 0.15) is 5.82 Å². The summed E-state index contributed by atoms with van der Waals surface area (Å²) in [5, 5.41) is 16.7. The lowest BCUT2D eigenvalue weighted by Crippen LogP contribution is -2.13. The first-order valence-electron chi connectivity index (χ1n) is 6.37. The Balaban J connectivity index is 2.72. The Kier molecular flexibility index (Phi) is 6.21. The summed E-state index contributed by atoms with van der Waals surface area (Å²) in [4.78, 5) is 25.7. The second kappa shape index (κ2) is 7.93. The number of nitrogens with zero attached hydrogens (tertiary/aromatic N) is 2. The third-order valence-corrected chi connectivity index (χ3v) is 2.36. The summed E-state index contributed by atoms with van der Waals surface area (Å²) < 4.78 is 4.77. The van der Waals surface area contributed by atoms with Crippen LogP contribution in [0.3, 0.4) is 0 Å². The molecule has 20 heavy (non-hydrogen) atoms. The summed E-state index contributed by atoms with van der Waals surface area (Å²) in [5.74, 6) is 0.319. The van der Waals surface area contributed by atoms with E-state index in [1.807, 2.05) is 6.92 Å². The van der Waals surface area contributed by atoms with Gasteiger partial charge < -0.3 is 15.4 Å². The number of nitrogens with one attached hydrogen (secondary N) is 2. The fraction of sp³-hybridized carbons (Fsp3) is 0.500. The van der Waals surface area contributed by atoms with E-state index in [0.717, 1.165) is 0 Å². The molecule has 2 N–H and O–H groups in total. The quantitative estimate of drug-likeness (QED) is 0.425. The Morgan fingerprint density at radius 1 is 1.40 bits per heavy atom. The third kappa shape index (κ3) is 4.71. The lowest BCUT2D eigenvalue weighted by Gasteiger charge is -2.08. The number of hydrogen-bond donors (Lipinski definition) is 2. The van der Waals surface area contributed by atoms with Crippen LogP contribution in [0.15, 0.2) is 12.1 Å². The molecule has 1 rings (SSSR count). The van der Waals surface area contributed by atoms with E-state index in [-0.39, 0.29) is 30.4 Å². The van der Waals surface area contributed by atoms with Gasteiger partial charge in [0, 0.05) is 19.2 Å². The highest BCUT2D eigenvalue weighted by molar-refractivity contribution is 5.70. The summed E-state index contributed by atoms with van der Waals surface area (Å²) >= 11 is 0. The van der Waals surface area contributed by atoms with Crippen LogP contribution in [-0.4, -0.2) is 35.6 Å². The Morgan fingerprint density at radius 2 is 2.15 bits per heavy atom. The summed E-state index contributed by atoms with van der Waals surface area (Å²) in [6.45, 7) is 4.82. The number of aromatic nitrogens is 1. The number of hydrogen-bond acceptors (Lipinski definition) is 7. The number of esters is 1. The summed E-state index contributed by atoms with van der Waals surface area (Å²) in [6.07, 6.45) is 0.123. The van der Waals surface area contributed by atoms with Crippen LogP contribution in [0.25, 0.3) is 0 Å². The third-order valence-electron chi connectivity index (χ3n) is 2.36. The van der Waals surface area contributed by atoms with E-state index in [9.17, 15) is 14.9 Å². The van der Waals surface area contributed by atoms with Gasteiger partial charge in [-0.25, -0.2) is 4.98 Å². The van der Waals surface area contributed by atoms with Crippen molar-refractivity contribution < 1.29 is 14.5 Å². The molecule has 1 aromatic heterocycles. The van der Waals surface area contributed by atoms with Gasteiger partial charge in [-0.15, -0.1) is 0 Å². The molecule has 0 fully saturated rings. The predicted molar refractivity (Wildman–Crippen MR) is 74.8 cm³/mol. The van der Waals surface area contributed by atoms with Crippen LogP contribution < -0.4 is 10.6 Å². The molecule has 0 aromatic carbocycles. The zero-order valence-electron chi connectivity index (χ0n) is 11.5. The van der Waals surface area contributed by atoms with Crippen LogP contribution in [0.4, 0.5) is 17.3 Å². The number of anilines is 2. The van der Waals surface area contributed by atoms with Crippen molar-refractivity contribution >= 4 is 23.3 Å². The van der Waals surface area contributed by atoms with E-state index in [2.05, 4.69) is 15.6 Å². The molecule has 0 spiro atoms. The average Bonchev–Trinajstić information content (AvgIpc) is 2.39. The maximum absolute atomic E-state index is 11.2. The Bertz CT molecular complexity index is 479. The van der Waals surface area contributed by atoms with Crippen molar-refractivity contribution in [3.63, 3.8) is 0 Å². The molecular formula is C12H18N4O4. The largest absolute Gasteiger partial charge is 0.466 e. The second-order valence-corrected chi connectivity index (χ2v) is 3.83. The molecule has 0 aliphatic heterocycles. The maximum Gasteiger partial charge on any atom is 0.311 e. The minimum Gasteiger partial charge on any atom is -0.466 e. The molecule has 0 aliphatic rings. The van der Waals surface area contributed by atoms with Gasteiger partial charge in [0.15, 0.2) is 0 Å². The molecule has 0 amide bonds. The number of ether oxygens (including phenoxy) is 1. The molecular weight excluding hydrogens is 264 g/mol. The maximum atomic E-state index is 11.2. The lowest BCUT2D eigenvalue weighted by molar-refractivity contribution is -0.384. The van der Waals surface area contributed by atoms with Gasteiger partial charge in [-0.1, -0.05) is 0 Å². The minimum absolute atomic E-state index is 0.123. The average molecular weight is 282 g/mol. The van der Waals surface area contributed by atoms with Crippen LogP contribution in [0.2, 0.25) is 0 Å².